The van der Waals surface area contributed by atoms with Gasteiger partial charge in [0, 0.05) is 32.6 Å². The molecular formula is C28H36ClN3O7. The number of halogens is 1. The van der Waals surface area contributed by atoms with Gasteiger partial charge in [0.05, 0.1) is 22.9 Å². The largest absolute Gasteiger partial charge is 0.506 e. The number of phenolic OH excluding ortho intramolecular Hbond substituents is 1. The van der Waals surface area contributed by atoms with Crippen molar-refractivity contribution < 1.29 is 33.8 Å². The van der Waals surface area contributed by atoms with Crippen molar-refractivity contribution in [2.75, 3.05) is 39.4 Å². The lowest BCUT2D eigenvalue weighted by molar-refractivity contribution is -0.137. The molecule has 1 fully saturated rings. The number of carbonyl (C=O) groups excluding carboxylic acids is 3. The number of rotatable bonds is 3. The van der Waals surface area contributed by atoms with Gasteiger partial charge in [-0.1, -0.05) is 35.0 Å². The van der Waals surface area contributed by atoms with Gasteiger partial charge in [0.2, 0.25) is 0 Å². The lowest BCUT2D eigenvalue weighted by atomic mass is 10.0. The van der Waals surface area contributed by atoms with Gasteiger partial charge in [0.1, 0.15) is 11.4 Å². The van der Waals surface area contributed by atoms with Crippen LogP contribution in [0.5, 0.6) is 5.75 Å². The molecule has 0 radical (unpaired) electrons. The first-order chi connectivity index (χ1) is 18.5. The van der Waals surface area contributed by atoms with Crippen LogP contribution in [-0.2, 0) is 25.5 Å². The molecular weight excluding hydrogens is 526 g/mol. The predicted molar refractivity (Wildman–Crippen MR) is 147 cm³/mol. The summed E-state index contributed by atoms with van der Waals surface area (Å²) in [6.45, 7) is 6.79. The Morgan fingerprint density at radius 2 is 1.72 bits per heavy atom. The molecule has 0 atom stereocenters. The van der Waals surface area contributed by atoms with Crippen molar-refractivity contribution in [2.24, 2.45) is 5.16 Å². The zero-order valence-corrected chi connectivity index (χ0v) is 23.4. The molecule has 2 aliphatic rings. The molecule has 3 rings (SSSR count). The minimum atomic E-state index is -0.585. The van der Waals surface area contributed by atoms with Crippen LogP contribution < -0.4 is 0 Å². The van der Waals surface area contributed by atoms with Crippen LogP contribution in [0.1, 0.15) is 56.0 Å². The summed E-state index contributed by atoms with van der Waals surface area (Å²) in [5.41, 5.74) is 0.405. The van der Waals surface area contributed by atoms with Crippen LogP contribution in [0.15, 0.2) is 41.6 Å². The average molecular weight is 562 g/mol. The highest BCUT2D eigenvalue weighted by Gasteiger charge is 2.28. The van der Waals surface area contributed by atoms with Crippen LogP contribution in [0.4, 0.5) is 4.79 Å². The second kappa shape index (κ2) is 14.0. The number of oxime groups is 1. The minimum absolute atomic E-state index is 0.0245. The van der Waals surface area contributed by atoms with E-state index in [0.29, 0.717) is 43.9 Å². The molecule has 0 aromatic heterocycles. The van der Waals surface area contributed by atoms with E-state index in [1.807, 2.05) is 39.0 Å². The van der Waals surface area contributed by atoms with Gasteiger partial charge in [0.25, 0.3) is 5.91 Å². The maximum absolute atomic E-state index is 12.7. The second-order valence-corrected chi connectivity index (χ2v) is 10.6. The number of hydrogen-bond acceptors (Lipinski definition) is 8. The van der Waals surface area contributed by atoms with Crippen molar-refractivity contribution in [1.29, 1.82) is 0 Å². The highest BCUT2D eigenvalue weighted by molar-refractivity contribution is 6.33. The maximum atomic E-state index is 12.7. The summed E-state index contributed by atoms with van der Waals surface area (Å²) < 4.78 is 10.8. The molecule has 2 aliphatic heterocycles. The lowest BCUT2D eigenvalue weighted by Gasteiger charge is -2.35. The maximum Gasteiger partial charge on any atom is 0.410 e. The third kappa shape index (κ3) is 9.31. The van der Waals surface area contributed by atoms with E-state index in [4.69, 9.17) is 25.9 Å². The lowest BCUT2D eigenvalue weighted by Crippen LogP contribution is -2.52. The van der Waals surface area contributed by atoms with Crippen LogP contribution in [0.25, 0.3) is 0 Å². The Morgan fingerprint density at radius 1 is 1.05 bits per heavy atom. The van der Waals surface area contributed by atoms with Crippen LogP contribution in [-0.4, -0.2) is 83.6 Å². The molecule has 0 saturated carbocycles. The number of cyclic esters (lactones) is 1. The normalized spacial score (nSPS) is 19.9. The molecule has 0 aliphatic carbocycles. The van der Waals surface area contributed by atoms with Crippen molar-refractivity contribution in [2.45, 2.75) is 52.1 Å². The SMILES string of the molecule is CC(C)(C)OC(=O)N1CCN(C(=O)CO/N=C2/C=C/CC/C=C/CCOC(=O)c3ccc(O)c(Cl)c3C2)CC1. The van der Waals surface area contributed by atoms with E-state index in [1.165, 1.54) is 12.1 Å². The van der Waals surface area contributed by atoms with Gasteiger partial charge in [-0.25, -0.2) is 9.59 Å². The predicted octanol–water partition coefficient (Wildman–Crippen LogP) is 4.49. The molecule has 1 aromatic carbocycles. The number of esters is 1. The van der Waals surface area contributed by atoms with E-state index >= 15 is 0 Å². The average Bonchev–Trinajstić information content (AvgIpc) is 2.88. The smallest absolute Gasteiger partial charge is 0.410 e. The molecule has 1 N–H and O–H groups in total. The fraction of sp³-hybridized carbons (Fsp3) is 0.500. The van der Waals surface area contributed by atoms with Gasteiger partial charge >= 0.3 is 12.1 Å². The first-order valence-electron chi connectivity index (χ1n) is 13.0. The number of ether oxygens (including phenoxy) is 2. The molecule has 1 aromatic rings. The fourth-order valence-electron chi connectivity index (χ4n) is 3.95. The summed E-state index contributed by atoms with van der Waals surface area (Å²) in [7, 11) is 0. The summed E-state index contributed by atoms with van der Waals surface area (Å²) >= 11 is 6.36. The van der Waals surface area contributed by atoms with Crippen LogP contribution in [0.3, 0.4) is 0 Å². The Balaban J connectivity index is 1.67. The zero-order chi connectivity index (χ0) is 28.4. The Hall–Kier alpha value is -3.53. The Labute approximate surface area is 233 Å². The van der Waals surface area contributed by atoms with Gasteiger partial charge in [-0.3, -0.25) is 4.79 Å². The van der Waals surface area contributed by atoms with E-state index in [9.17, 15) is 19.5 Å². The molecule has 2 amide bonds. The number of piperazine rings is 1. The van der Waals surface area contributed by atoms with Gasteiger partial charge in [-0.05, 0) is 63.8 Å². The number of fused-ring (bicyclic) bond motifs is 1. The van der Waals surface area contributed by atoms with E-state index < -0.39 is 17.7 Å². The molecule has 39 heavy (non-hydrogen) atoms. The van der Waals surface area contributed by atoms with Gasteiger partial charge in [-0.2, -0.15) is 0 Å². The van der Waals surface area contributed by atoms with Gasteiger partial charge in [-0.15, -0.1) is 0 Å². The minimum Gasteiger partial charge on any atom is -0.506 e. The summed E-state index contributed by atoms with van der Waals surface area (Å²) in [5, 5.41) is 14.3. The van der Waals surface area contributed by atoms with E-state index in [-0.39, 0.29) is 41.9 Å². The van der Waals surface area contributed by atoms with Crippen molar-refractivity contribution in [3.8, 4) is 5.75 Å². The monoisotopic (exact) mass is 561 g/mol. The van der Waals surface area contributed by atoms with E-state index in [0.717, 1.165) is 12.8 Å². The Morgan fingerprint density at radius 3 is 2.44 bits per heavy atom. The number of hydrogen-bond donors (Lipinski definition) is 1. The van der Waals surface area contributed by atoms with Crippen molar-refractivity contribution in [1.82, 2.24) is 9.80 Å². The van der Waals surface area contributed by atoms with Crippen molar-refractivity contribution in [3.05, 3.63) is 52.6 Å². The third-order valence-electron chi connectivity index (χ3n) is 5.95. The van der Waals surface area contributed by atoms with Crippen molar-refractivity contribution in [3.63, 3.8) is 0 Å². The standard InChI is InChI=1S/C28H36ClN3O7/c1-28(2,3)39-27(36)32-15-13-31(14-16-32)24(34)19-38-30-20-10-8-6-4-5-7-9-17-37-26(35)21-11-12-23(33)25(29)22(21)18-20/h5,7-8,10-12,33H,4,6,9,13-19H2,1-3H3/b7-5+,10-8+,30-20-. The first-order valence-corrected chi connectivity index (χ1v) is 13.4. The zero-order valence-electron chi connectivity index (χ0n) is 22.7. The molecule has 1 saturated heterocycles. The summed E-state index contributed by atoms with van der Waals surface area (Å²) in [5.74, 6) is -0.989. The topological polar surface area (TPSA) is 118 Å². The fourth-order valence-corrected chi connectivity index (χ4v) is 4.18. The van der Waals surface area contributed by atoms with E-state index in [1.54, 1.807) is 15.9 Å². The van der Waals surface area contributed by atoms with Crippen LogP contribution in [0.2, 0.25) is 5.02 Å². The molecule has 212 valence electrons. The molecule has 2 heterocycles. The number of nitrogens with zero attached hydrogens (tertiary/aromatic N) is 3. The van der Waals surface area contributed by atoms with Gasteiger partial charge in [0.15, 0.2) is 6.61 Å². The number of phenols is 1. The molecule has 11 heteroatoms. The van der Waals surface area contributed by atoms with Crippen LogP contribution in [0, 0.1) is 0 Å². The molecule has 0 spiro atoms. The quantitative estimate of drug-likeness (QED) is 0.328. The first kappa shape index (κ1) is 30.0. The van der Waals surface area contributed by atoms with E-state index in [2.05, 4.69) is 5.16 Å². The Bertz CT molecular complexity index is 1130. The molecule has 0 unspecified atom stereocenters. The van der Waals surface area contributed by atoms with Crippen LogP contribution >= 0.6 is 11.6 Å². The number of allylic oxidation sites excluding steroid dienone is 3. The summed E-state index contributed by atoms with van der Waals surface area (Å²) in [6, 6.07) is 2.80. The van der Waals surface area contributed by atoms with Crippen molar-refractivity contribution >= 4 is 35.3 Å². The number of amides is 2. The summed E-state index contributed by atoms with van der Waals surface area (Å²) in [6.07, 6.45) is 9.46. The Kier molecular flexibility index (Phi) is 10.8. The molecule has 10 nitrogen and oxygen atoms in total. The second-order valence-electron chi connectivity index (χ2n) is 10.2. The number of carbonyl (C=O) groups is 3. The highest BCUT2D eigenvalue weighted by atomic mass is 35.5. The number of aromatic hydroxyl groups is 1. The van der Waals surface area contributed by atoms with Gasteiger partial charge < -0.3 is 29.2 Å². The number of benzene rings is 1. The highest BCUT2D eigenvalue weighted by Crippen LogP contribution is 2.31. The third-order valence-corrected chi connectivity index (χ3v) is 6.37. The molecule has 0 bridgehead atoms. The summed E-state index contributed by atoms with van der Waals surface area (Å²) in [4.78, 5) is 46.3.